The molecule has 72 valence electrons. The zero-order valence-corrected chi connectivity index (χ0v) is 7.42. The number of hydrogen-bond acceptors (Lipinski definition) is 3. The second kappa shape index (κ2) is 3.91. The van der Waals surface area contributed by atoms with E-state index in [2.05, 4.69) is 0 Å². The monoisotopic (exact) mass is 205 g/mol. The Hall–Kier alpha value is -0.840. The van der Waals surface area contributed by atoms with E-state index in [-0.39, 0.29) is 10.6 Å². The first-order valence-electron chi connectivity index (χ1n) is 3.61. The summed E-state index contributed by atoms with van der Waals surface area (Å²) in [6, 6.07) is 1.44. The van der Waals surface area contributed by atoms with Crippen molar-refractivity contribution in [1.82, 2.24) is 0 Å². The first-order chi connectivity index (χ1) is 6.07. The Morgan fingerprint density at radius 1 is 1.54 bits per heavy atom. The van der Waals surface area contributed by atoms with E-state index >= 15 is 0 Å². The van der Waals surface area contributed by atoms with Gasteiger partial charge in [-0.05, 0) is 12.1 Å². The highest BCUT2D eigenvalue weighted by molar-refractivity contribution is 6.31. The van der Waals surface area contributed by atoms with Gasteiger partial charge >= 0.3 is 0 Å². The highest BCUT2D eigenvalue weighted by Crippen LogP contribution is 2.32. The lowest BCUT2D eigenvalue weighted by Gasteiger charge is -2.12. The number of aliphatic hydroxyl groups is 1. The molecule has 13 heavy (non-hydrogen) atoms. The van der Waals surface area contributed by atoms with Crippen molar-refractivity contribution in [1.29, 1.82) is 0 Å². The van der Waals surface area contributed by atoms with Gasteiger partial charge in [0, 0.05) is 10.6 Å². The fraction of sp³-hybridized carbons (Fsp3) is 0.250. The molecule has 0 aliphatic heterocycles. The molecule has 0 bridgehead atoms. The number of phenols is 1. The van der Waals surface area contributed by atoms with Crippen LogP contribution in [0, 0.1) is 5.82 Å². The van der Waals surface area contributed by atoms with E-state index in [1.165, 1.54) is 6.07 Å². The number of phenolic OH excluding ortho intramolecular Hbond substituents is 1. The first-order valence-corrected chi connectivity index (χ1v) is 3.99. The highest BCUT2D eigenvalue weighted by Gasteiger charge is 2.17. The topological polar surface area (TPSA) is 66.5 Å². The maximum atomic E-state index is 12.8. The average Bonchev–Trinajstić information content (AvgIpc) is 2.12. The molecule has 5 heteroatoms. The van der Waals surface area contributed by atoms with Gasteiger partial charge in [-0.1, -0.05) is 11.6 Å². The molecule has 1 aromatic carbocycles. The molecule has 1 atom stereocenters. The van der Waals surface area contributed by atoms with Crippen LogP contribution in [0.4, 0.5) is 4.39 Å². The van der Waals surface area contributed by atoms with Crippen LogP contribution in [0.15, 0.2) is 12.1 Å². The van der Waals surface area contributed by atoms with Crippen molar-refractivity contribution in [2.24, 2.45) is 5.73 Å². The van der Waals surface area contributed by atoms with Crippen LogP contribution in [0.3, 0.4) is 0 Å². The Kier molecular flexibility index (Phi) is 3.08. The summed E-state index contributed by atoms with van der Waals surface area (Å²) in [5, 5.41) is 18.1. The molecule has 0 spiro atoms. The lowest BCUT2D eigenvalue weighted by molar-refractivity contribution is 0.264. The molecule has 0 heterocycles. The summed E-state index contributed by atoms with van der Waals surface area (Å²) >= 11 is 5.66. The van der Waals surface area contributed by atoms with E-state index in [9.17, 15) is 9.50 Å². The number of benzene rings is 1. The van der Waals surface area contributed by atoms with Gasteiger partial charge in [0.05, 0.1) is 12.6 Å². The standard InChI is InChI=1S/C8H9ClFNO2/c9-4-1-2-5(10)8(13)7(4)6(11)3-12/h1-2,6,12-13H,3,11H2/t6-/m1/s1. The molecule has 0 aliphatic rings. The van der Waals surface area contributed by atoms with Crippen LogP contribution in [-0.4, -0.2) is 16.8 Å². The van der Waals surface area contributed by atoms with Crippen molar-refractivity contribution >= 4 is 11.6 Å². The number of aliphatic hydroxyl groups excluding tert-OH is 1. The molecule has 0 unspecified atom stereocenters. The quantitative estimate of drug-likeness (QED) is 0.679. The Morgan fingerprint density at radius 3 is 2.69 bits per heavy atom. The third-order valence-corrected chi connectivity index (χ3v) is 2.01. The minimum atomic E-state index is -0.872. The summed E-state index contributed by atoms with van der Waals surface area (Å²) in [4.78, 5) is 0. The third kappa shape index (κ3) is 1.91. The maximum Gasteiger partial charge on any atom is 0.165 e. The average molecular weight is 206 g/mol. The van der Waals surface area contributed by atoms with Crippen molar-refractivity contribution < 1.29 is 14.6 Å². The molecule has 0 saturated carbocycles. The summed E-state index contributed by atoms with van der Waals surface area (Å²) in [5.74, 6) is -1.41. The van der Waals surface area contributed by atoms with Crippen LogP contribution in [0.25, 0.3) is 0 Å². The molecule has 0 aromatic heterocycles. The largest absolute Gasteiger partial charge is 0.505 e. The first kappa shape index (κ1) is 10.2. The Bertz CT molecular complexity index is 319. The van der Waals surface area contributed by atoms with E-state index in [1.807, 2.05) is 0 Å². The van der Waals surface area contributed by atoms with Crippen molar-refractivity contribution in [3.63, 3.8) is 0 Å². The van der Waals surface area contributed by atoms with Crippen LogP contribution in [-0.2, 0) is 0 Å². The molecule has 0 aliphatic carbocycles. The van der Waals surface area contributed by atoms with Crippen LogP contribution in [0.1, 0.15) is 11.6 Å². The van der Waals surface area contributed by atoms with E-state index in [1.54, 1.807) is 0 Å². The Morgan fingerprint density at radius 2 is 2.15 bits per heavy atom. The van der Waals surface area contributed by atoms with Gasteiger partial charge in [0.2, 0.25) is 0 Å². The van der Waals surface area contributed by atoms with Crippen LogP contribution in [0.5, 0.6) is 5.75 Å². The Balaban J connectivity index is 3.25. The summed E-state index contributed by atoms with van der Waals surface area (Å²) < 4.78 is 12.8. The smallest absolute Gasteiger partial charge is 0.165 e. The van der Waals surface area contributed by atoms with Gasteiger partial charge in [-0.15, -0.1) is 0 Å². The van der Waals surface area contributed by atoms with E-state index in [0.717, 1.165) is 6.07 Å². The van der Waals surface area contributed by atoms with Gasteiger partial charge in [0.25, 0.3) is 0 Å². The zero-order chi connectivity index (χ0) is 10.0. The summed E-state index contributed by atoms with van der Waals surface area (Å²) in [6.45, 7) is -0.406. The lowest BCUT2D eigenvalue weighted by atomic mass is 10.1. The number of rotatable bonds is 2. The molecule has 0 radical (unpaired) electrons. The van der Waals surface area contributed by atoms with Crippen molar-refractivity contribution in [2.75, 3.05) is 6.61 Å². The SMILES string of the molecule is N[C@H](CO)c1c(Cl)ccc(F)c1O. The number of hydrogen-bond donors (Lipinski definition) is 3. The maximum absolute atomic E-state index is 12.8. The van der Waals surface area contributed by atoms with Crippen LogP contribution >= 0.6 is 11.6 Å². The number of nitrogens with two attached hydrogens (primary N) is 1. The van der Waals surface area contributed by atoms with Gasteiger partial charge in [-0.25, -0.2) is 4.39 Å². The molecule has 4 N–H and O–H groups in total. The fourth-order valence-corrected chi connectivity index (χ4v) is 1.29. The van der Waals surface area contributed by atoms with Crippen molar-refractivity contribution in [3.8, 4) is 5.75 Å². The molecular formula is C8H9ClFNO2. The van der Waals surface area contributed by atoms with Gasteiger partial charge < -0.3 is 15.9 Å². The van der Waals surface area contributed by atoms with Crippen LogP contribution in [0.2, 0.25) is 5.02 Å². The molecule has 1 rings (SSSR count). The minimum Gasteiger partial charge on any atom is -0.505 e. The predicted octanol–water partition coefficient (Wildman–Crippen LogP) is 1.18. The summed E-state index contributed by atoms with van der Waals surface area (Å²) in [6.07, 6.45) is 0. The van der Waals surface area contributed by atoms with Gasteiger partial charge in [0.15, 0.2) is 11.6 Å². The van der Waals surface area contributed by atoms with Gasteiger partial charge in [-0.2, -0.15) is 0 Å². The molecule has 0 amide bonds. The lowest BCUT2D eigenvalue weighted by Crippen LogP contribution is -2.15. The third-order valence-electron chi connectivity index (χ3n) is 1.68. The number of halogens is 2. The van der Waals surface area contributed by atoms with E-state index in [4.69, 9.17) is 22.4 Å². The normalized spacial score (nSPS) is 12.9. The molecular weight excluding hydrogens is 197 g/mol. The van der Waals surface area contributed by atoms with Crippen LogP contribution < -0.4 is 5.73 Å². The molecule has 1 aromatic rings. The van der Waals surface area contributed by atoms with E-state index < -0.39 is 24.2 Å². The van der Waals surface area contributed by atoms with Gasteiger partial charge in [0.1, 0.15) is 0 Å². The highest BCUT2D eigenvalue weighted by atomic mass is 35.5. The fourth-order valence-electron chi connectivity index (χ4n) is 1.00. The molecule has 0 saturated heterocycles. The minimum absolute atomic E-state index is 0.0316. The predicted molar refractivity (Wildman–Crippen MR) is 47.1 cm³/mol. The molecule has 0 fully saturated rings. The van der Waals surface area contributed by atoms with Crippen molar-refractivity contribution in [3.05, 3.63) is 28.5 Å². The zero-order valence-electron chi connectivity index (χ0n) is 6.67. The summed E-state index contributed by atoms with van der Waals surface area (Å²) in [7, 11) is 0. The number of aromatic hydroxyl groups is 1. The van der Waals surface area contributed by atoms with E-state index in [0.29, 0.717) is 0 Å². The van der Waals surface area contributed by atoms with Crippen molar-refractivity contribution in [2.45, 2.75) is 6.04 Å². The molecule has 3 nitrogen and oxygen atoms in total. The second-order valence-electron chi connectivity index (χ2n) is 2.58. The van der Waals surface area contributed by atoms with Gasteiger partial charge in [-0.3, -0.25) is 0 Å². The Labute approximate surface area is 79.6 Å². The summed E-state index contributed by atoms with van der Waals surface area (Å²) in [5.41, 5.74) is 5.44. The second-order valence-corrected chi connectivity index (χ2v) is 2.99.